The zero-order valence-electron chi connectivity index (χ0n) is 12.0. The maximum absolute atomic E-state index is 11.5. The Morgan fingerprint density at radius 3 is 2.14 bits per heavy atom. The third kappa shape index (κ3) is 5.36. The lowest BCUT2D eigenvalue weighted by Crippen LogP contribution is -2.35. The fourth-order valence-electron chi connectivity index (χ4n) is 2.30. The molecule has 0 aromatic carbocycles. The topological polar surface area (TPSA) is 40.5 Å². The molecule has 2 rings (SSSR count). The minimum Gasteiger partial charge on any atom is -0.396 e. The number of carbonyl (C=O) groups excluding carboxylic acids is 1. The van der Waals surface area contributed by atoms with Gasteiger partial charge in [-0.3, -0.25) is 4.90 Å². The molecule has 0 aliphatic heterocycles. The Kier molecular flexibility index (Phi) is 7.09. The second-order valence-corrected chi connectivity index (χ2v) is 7.05. The van der Waals surface area contributed by atoms with Gasteiger partial charge in [-0.15, -0.1) is 22.7 Å². The monoisotopic (exact) mass is 323 g/mol. The summed E-state index contributed by atoms with van der Waals surface area (Å²) < 4.78 is 0. The van der Waals surface area contributed by atoms with E-state index in [1.54, 1.807) is 22.7 Å². The Bertz CT molecular complexity index is 460. The minimum atomic E-state index is -0.0826. The first-order valence-electron chi connectivity index (χ1n) is 7.18. The van der Waals surface area contributed by atoms with Gasteiger partial charge in [-0.1, -0.05) is 12.1 Å². The summed E-state index contributed by atoms with van der Waals surface area (Å²) in [5.41, 5.74) is 0. The molecular formula is C16H21NO2S2. The first kappa shape index (κ1) is 16.4. The van der Waals surface area contributed by atoms with Crippen molar-refractivity contribution in [1.82, 2.24) is 4.90 Å². The number of unbranched alkanes of at least 4 members (excludes halogenated alkanes) is 1. The van der Waals surface area contributed by atoms with Gasteiger partial charge in [0.1, 0.15) is 6.29 Å². The highest BCUT2D eigenvalue weighted by Gasteiger charge is 2.19. The van der Waals surface area contributed by atoms with Crippen LogP contribution in [0.1, 0.15) is 29.0 Å². The third-order valence-corrected chi connectivity index (χ3v) is 5.13. The van der Waals surface area contributed by atoms with E-state index in [-0.39, 0.29) is 12.6 Å². The largest absolute Gasteiger partial charge is 0.396 e. The van der Waals surface area contributed by atoms with Crippen molar-refractivity contribution in [2.75, 3.05) is 6.61 Å². The lowest BCUT2D eigenvalue weighted by atomic mass is 10.1. The maximum atomic E-state index is 11.5. The highest BCUT2D eigenvalue weighted by atomic mass is 32.1. The Labute approximate surface area is 133 Å². The van der Waals surface area contributed by atoms with Crippen molar-refractivity contribution in [1.29, 1.82) is 0 Å². The van der Waals surface area contributed by atoms with Crippen molar-refractivity contribution >= 4 is 29.0 Å². The SMILES string of the molecule is O=CC(CCCCO)N(Cc1cccs1)Cc1cccs1. The van der Waals surface area contributed by atoms with Crippen LogP contribution in [0.3, 0.4) is 0 Å². The van der Waals surface area contributed by atoms with Crippen LogP contribution in [-0.4, -0.2) is 28.9 Å². The predicted octanol–water partition coefficient (Wildman–Crippen LogP) is 3.54. The van der Waals surface area contributed by atoms with Gasteiger partial charge in [0.15, 0.2) is 0 Å². The number of carbonyl (C=O) groups is 1. The van der Waals surface area contributed by atoms with Crippen molar-refractivity contribution in [2.24, 2.45) is 0 Å². The van der Waals surface area contributed by atoms with Crippen molar-refractivity contribution in [3.63, 3.8) is 0 Å². The Hall–Kier alpha value is -1.01. The van der Waals surface area contributed by atoms with Gasteiger partial charge in [-0.25, -0.2) is 0 Å². The summed E-state index contributed by atoms with van der Waals surface area (Å²) in [6.45, 7) is 1.80. The van der Waals surface area contributed by atoms with E-state index in [9.17, 15) is 4.79 Å². The van der Waals surface area contributed by atoms with E-state index < -0.39 is 0 Å². The molecular weight excluding hydrogens is 302 g/mol. The van der Waals surface area contributed by atoms with Gasteiger partial charge in [0.2, 0.25) is 0 Å². The molecule has 2 heterocycles. The molecule has 0 amide bonds. The Balaban J connectivity index is 2.03. The van der Waals surface area contributed by atoms with E-state index in [1.807, 2.05) is 12.1 Å². The second-order valence-electron chi connectivity index (χ2n) is 4.99. The van der Waals surface area contributed by atoms with Crippen molar-refractivity contribution in [2.45, 2.75) is 38.4 Å². The van der Waals surface area contributed by atoms with Gasteiger partial charge in [0.05, 0.1) is 6.04 Å². The Morgan fingerprint density at radius 1 is 1.10 bits per heavy atom. The predicted molar refractivity (Wildman–Crippen MR) is 88.7 cm³/mol. The van der Waals surface area contributed by atoms with Crippen molar-refractivity contribution in [3.8, 4) is 0 Å². The van der Waals surface area contributed by atoms with Crippen LogP contribution in [-0.2, 0) is 17.9 Å². The summed E-state index contributed by atoms with van der Waals surface area (Å²) in [6.07, 6.45) is 3.50. The number of thiophene rings is 2. The molecule has 0 bridgehead atoms. The van der Waals surface area contributed by atoms with Crippen LogP contribution in [0.15, 0.2) is 35.0 Å². The fourth-order valence-corrected chi connectivity index (χ4v) is 3.76. The number of aliphatic hydroxyl groups excluding tert-OH is 1. The first-order chi connectivity index (χ1) is 10.3. The maximum Gasteiger partial charge on any atom is 0.137 e. The number of nitrogens with zero attached hydrogens (tertiary/aromatic N) is 1. The zero-order chi connectivity index (χ0) is 14.9. The summed E-state index contributed by atoms with van der Waals surface area (Å²) >= 11 is 3.45. The van der Waals surface area contributed by atoms with Crippen LogP contribution in [0, 0.1) is 0 Å². The van der Waals surface area contributed by atoms with E-state index >= 15 is 0 Å². The molecule has 21 heavy (non-hydrogen) atoms. The normalized spacial score (nSPS) is 12.7. The summed E-state index contributed by atoms with van der Waals surface area (Å²) in [6, 6.07) is 8.24. The van der Waals surface area contributed by atoms with Gasteiger partial charge in [0, 0.05) is 29.5 Å². The van der Waals surface area contributed by atoms with E-state index in [4.69, 9.17) is 5.11 Å². The fraction of sp³-hybridized carbons (Fsp3) is 0.438. The highest BCUT2D eigenvalue weighted by molar-refractivity contribution is 7.10. The van der Waals surface area contributed by atoms with E-state index in [2.05, 4.69) is 27.8 Å². The van der Waals surface area contributed by atoms with Crippen molar-refractivity contribution < 1.29 is 9.90 Å². The summed E-state index contributed by atoms with van der Waals surface area (Å²) in [5, 5.41) is 13.0. The molecule has 2 aromatic rings. The van der Waals surface area contributed by atoms with Gasteiger partial charge in [-0.05, 0) is 42.2 Å². The Morgan fingerprint density at radius 2 is 1.71 bits per heavy atom. The van der Waals surface area contributed by atoms with Crippen LogP contribution < -0.4 is 0 Å². The van der Waals surface area contributed by atoms with Gasteiger partial charge in [0.25, 0.3) is 0 Å². The standard InChI is InChI=1S/C16H21NO2S2/c18-8-2-1-5-14(13-19)17(11-15-6-3-9-20-15)12-16-7-4-10-21-16/h3-4,6-7,9-10,13-14,18H,1-2,5,8,11-12H2. The lowest BCUT2D eigenvalue weighted by molar-refractivity contribution is -0.113. The van der Waals surface area contributed by atoms with Gasteiger partial charge in [-0.2, -0.15) is 0 Å². The first-order valence-corrected chi connectivity index (χ1v) is 8.94. The molecule has 0 spiro atoms. The van der Waals surface area contributed by atoms with Crippen LogP contribution >= 0.6 is 22.7 Å². The molecule has 0 saturated carbocycles. The van der Waals surface area contributed by atoms with Crippen LogP contribution in [0.25, 0.3) is 0 Å². The molecule has 3 nitrogen and oxygen atoms in total. The molecule has 1 N–H and O–H groups in total. The van der Waals surface area contributed by atoms with Crippen LogP contribution in [0.2, 0.25) is 0 Å². The van der Waals surface area contributed by atoms with Gasteiger partial charge < -0.3 is 9.90 Å². The summed E-state index contributed by atoms with van der Waals surface area (Å²) in [7, 11) is 0. The molecule has 0 aliphatic rings. The molecule has 114 valence electrons. The second kappa shape index (κ2) is 9.10. The number of hydrogen-bond acceptors (Lipinski definition) is 5. The average Bonchev–Trinajstić information content (AvgIpc) is 3.17. The van der Waals surface area contributed by atoms with E-state index in [1.165, 1.54) is 9.75 Å². The highest BCUT2D eigenvalue weighted by Crippen LogP contribution is 2.20. The molecule has 5 heteroatoms. The van der Waals surface area contributed by atoms with Crippen molar-refractivity contribution in [3.05, 3.63) is 44.8 Å². The quantitative estimate of drug-likeness (QED) is 0.537. The molecule has 0 fully saturated rings. The minimum absolute atomic E-state index is 0.0826. The molecule has 1 unspecified atom stereocenters. The van der Waals surface area contributed by atoms with Crippen LogP contribution in [0.5, 0.6) is 0 Å². The lowest BCUT2D eigenvalue weighted by Gasteiger charge is -2.27. The molecule has 0 radical (unpaired) electrons. The summed E-state index contributed by atoms with van der Waals surface area (Å²) in [4.78, 5) is 16.3. The molecule has 0 saturated heterocycles. The van der Waals surface area contributed by atoms with E-state index in [0.717, 1.165) is 38.6 Å². The average molecular weight is 323 g/mol. The van der Waals surface area contributed by atoms with E-state index in [0.29, 0.717) is 0 Å². The molecule has 1 atom stereocenters. The molecule has 2 aromatic heterocycles. The number of hydrogen-bond donors (Lipinski definition) is 1. The zero-order valence-corrected chi connectivity index (χ0v) is 13.6. The van der Waals surface area contributed by atoms with Gasteiger partial charge >= 0.3 is 0 Å². The summed E-state index contributed by atoms with van der Waals surface area (Å²) in [5.74, 6) is 0. The number of rotatable bonds is 10. The third-order valence-electron chi connectivity index (χ3n) is 3.41. The number of aldehydes is 1. The molecule has 0 aliphatic carbocycles. The number of aliphatic hydroxyl groups is 1. The smallest absolute Gasteiger partial charge is 0.137 e. The van der Waals surface area contributed by atoms with Crippen LogP contribution in [0.4, 0.5) is 0 Å².